The standard InChI is InChI=1S/C10H13N3O/c1-4-9-6-12-10(14-9)8(5-11)7-13(2)3/h6-7H,4H2,1-3H3/b8-7+. The van der Waals surface area contributed by atoms with Gasteiger partial charge in [0, 0.05) is 26.7 Å². The second kappa shape index (κ2) is 4.47. The van der Waals surface area contributed by atoms with E-state index in [-0.39, 0.29) is 0 Å². The van der Waals surface area contributed by atoms with Crippen LogP contribution < -0.4 is 0 Å². The summed E-state index contributed by atoms with van der Waals surface area (Å²) in [4.78, 5) is 5.81. The van der Waals surface area contributed by atoms with Gasteiger partial charge in [0.1, 0.15) is 17.4 Å². The van der Waals surface area contributed by atoms with E-state index in [9.17, 15) is 0 Å². The van der Waals surface area contributed by atoms with Crippen LogP contribution in [0.1, 0.15) is 18.6 Å². The maximum atomic E-state index is 8.87. The van der Waals surface area contributed by atoms with Gasteiger partial charge in [-0.3, -0.25) is 0 Å². The van der Waals surface area contributed by atoms with Crippen LogP contribution in [0.3, 0.4) is 0 Å². The Morgan fingerprint density at radius 2 is 2.43 bits per heavy atom. The lowest BCUT2D eigenvalue weighted by Crippen LogP contribution is -2.02. The van der Waals surface area contributed by atoms with Gasteiger partial charge >= 0.3 is 0 Å². The van der Waals surface area contributed by atoms with Crippen molar-refractivity contribution in [2.75, 3.05) is 14.1 Å². The van der Waals surface area contributed by atoms with Crippen molar-refractivity contribution in [3.05, 3.63) is 24.0 Å². The molecule has 0 fully saturated rings. The predicted molar refractivity (Wildman–Crippen MR) is 53.2 cm³/mol. The van der Waals surface area contributed by atoms with Gasteiger partial charge in [-0.15, -0.1) is 0 Å². The van der Waals surface area contributed by atoms with Crippen LogP contribution in [0.2, 0.25) is 0 Å². The zero-order chi connectivity index (χ0) is 10.6. The number of rotatable bonds is 3. The molecule has 1 rings (SSSR count). The quantitative estimate of drug-likeness (QED) is 0.682. The Morgan fingerprint density at radius 3 is 2.86 bits per heavy atom. The molecule has 0 aromatic carbocycles. The maximum Gasteiger partial charge on any atom is 0.238 e. The molecule has 74 valence electrons. The molecule has 0 atom stereocenters. The zero-order valence-corrected chi connectivity index (χ0v) is 8.61. The number of nitrogens with zero attached hydrogens (tertiary/aromatic N) is 3. The summed E-state index contributed by atoms with van der Waals surface area (Å²) in [5, 5.41) is 8.87. The van der Waals surface area contributed by atoms with Crippen LogP contribution in [0.15, 0.2) is 16.8 Å². The van der Waals surface area contributed by atoms with E-state index in [1.165, 1.54) is 0 Å². The fourth-order valence-electron chi connectivity index (χ4n) is 0.986. The van der Waals surface area contributed by atoms with Gasteiger partial charge in [0.15, 0.2) is 0 Å². The Morgan fingerprint density at radius 1 is 1.71 bits per heavy atom. The Hall–Kier alpha value is -1.76. The van der Waals surface area contributed by atoms with E-state index in [1.807, 2.05) is 21.0 Å². The first kappa shape index (κ1) is 10.3. The first-order chi connectivity index (χ1) is 6.67. The van der Waals surface area contributed by atoms with Crippen molar-refractivity contribution in [2.45, 2.75) is 13.3 Å². The van der Waals surface area contributed by atoms with Gasteiger partial charge in [-0.1, -0.05) is 6.92 Å². The molecule has 0 radical (unpaired) electrons. The number of allylic oxidation sites excluding steroid dienone is 1. The molecule has 4 heteroatoms. The molecule has 0 aliphatic carbocycles. The molecule has 1 aromatic rings. The molecule has 0 saturated heterocycles. The lowest BCUT2D eigenvalue weighted by Gasteiger charge is -2.03. The van der Waals surface area contributed by atoms with E-state index >= 15 is 0 Å². The summed E-state index contributed by atoms with van der Waals surface area (Å²) in [5.74, 6) is 1.18. The molecular formula is C10H13N3O. The van der Waals surface area contributed by atoms with Crippen molar-refractivity contribution < 1.29 is 4.42 Å². The average Bonchev–Trinajstić information content (AvgIpc) is 2.62. The van der Waals surface area contributed by atoms with Crippen LogP contribution in [-0.2, 0) is 6.42 Å². The van der Waals surface area contributed by atoms with Gasteiger partial charge in [-0.2, -0.15) is 5.26 Å². The first-order valence-electron chi connectivity index (χ1n) is 4.40. The first-order valence-corrected chi connectivity index (χ1v) is 4.40. The summed E-state index contributed by atoms with van der Waals surface area (Å²) in [6, 6.07) is 2.05. The molecular weight excluding hydrogens is 178 g/mol. The van der Waals surface area contributed by atoms with Gasteiger partial charge in [-0.05, 0) is 0 Å². The number of nitriles is 1. The smallest absolute Gasteiger partial charge is 0.238 e. The highest BCUT2D eigenvalue weighted by atomic mass is 16.4. The van der Waals surface area contributed by atoms with Crippen LogP contribution in [0, 0.1) is 11.3 Å². The number of aromatic nitrogens is 1. The number of oxazole rings is 1. The molecule has 0 saturated carbocycles. The largest absolute Gasteiger partial charge is 0.440 e. The van der Waals surface area contributed by atoms with Crippen molar-refractivity contribution in [2.24, 2.45) is 0 Å². The van der Waals surface area contributed by atoms with Gasteiger partial charge in [0.05, 0.1) is 6.20 Å². The lowest BCUT2D eigenvalue weighted by molar-refractivity contribution is 0.494. The van der Waals surface area contributed by atoms with E-state index in [0.717, 1.165) is 12.2 Å². The highest BCUT2D eigenvalue weighted by molar-refractivity contribution is 5.71. The third kappa shape index (κ3) is 2.36. The molecule has 4 nitrogen and oxygen atoms in total. The Kier molecular flexibility index (Phi) is 3.29. The summed E-state index contributed by atoms with van der Waals surface area (Å²) in [5.41, 5.74) is 0.440. The molecule has 0 bridgehead atoms. The minimum Gasteiger partial charge on any atom is -0.440 e. The Bertz CT molecular complexity index is 371. The number of aryl methyl sites for hydroxylation is 1. The van der Waals surface area contributed by atoms with Crippen molar-refractivity contribution in [3.63, 3.8) is 0 Å². The monoisotopic (exact) mass is 191 g/mol. The molecule has 14 heavy (non-hydrogen) atoms. The molecule has 0 unspecified atom stereocenters. The van der Waals surface area contributed by atoms with Crippen LogP contribution in [-0.4, -0.2) is 24.0 Å². The van der Waals surface area contributed by atoms with Crippen molar-refractivity contribution in [1.82, 2.24) is 9.88 Å². The topological polar surface area (TPSA) is 53.1 Å². The molecule has 1 aromatic heterocycles. The summed E-state index contributed by atoms with van der Waals surface area (Å²) < 4.78 is 5.36. The predicted octanol–water partition coefficient (Wildman–Crippen LogP) is 1.66. The molecule has 1 heterocycles. The fraction of sp³-hybridized carbons (Fsp3) is 0.400. The Labute approximate surface area is 83.5 Å². The van der Waals surface area contributed by atoms with Crippen molar-refractivity contribution in [3.8, 4) is 6.07 Å². The van der Waals surface area contributed by atoms with E-state index < -0.39 is 0 Å². The molecule has 0 amide bonds. The third-order valence-electron chi connectivity index (χ3n) is 1.64. The molecule has 0 N–H and O–H groups in total. The van der Waals surface area contributed by atoms with Crippen LogP contribution in [0.25, 0.3) is 5.57 Å². The normalized spacial score (nSPS) is 11.1. The maximum absolute atomic E-state index is 8.87. The lowest BCUT2D eigenvalue weighted by atomic mass is 10.3. The highest BCUT2D eigenvalue weighted by Crippen LogP contribution is 2.14. The van der Waals surface area contributed by atoms with Crippen LogP contribution in [0.4, 0.5) is 0 Å². The van der Waals surface area contributed by atoms with Gasteiger partial charge in [-0.25, -0.2) is 4.98 Å². The summed E-state index contributed by atoms with van der Waals surface area (Å²) in [6.45, 7) is 1.98. The van der Waals surface area contributed by atoms with Gasteiger partial charge in [0.25, 0.3) is 0 Å². The zero-order valence-electron chi connectivity index (χ0n) is 8.61. The van der Waals surface area contributed by atoms with E-state index in [2.05, 4.69) is 11.1 Å². The van der Waals surface area contributed by atoms with E-state index in [4.69, 9.17) is 9.68 Å². The summed E-state index contributed by atoms with van der Waals surface area (Å²) in [7, 11) is 3.70. The fourth-order valence-corrected chi connectivity index (χ4v) is 0.986. The third-order valence-corrected chi connectivity index (χ3v) is 1.64. The van der Waals surface area contributed by atoms with Crippen molar-refractivity contribution in [1.29, 1.82) is 5.26 Å². The second-order valence-electron chi connectivity index (χ2n) is 3.10. The summed E-state index contributed by atoms with van der Waals surface area (Å²) >= 11 is 0. The van der Waals surface area contributed by atoms with Crippen molar-refractivity contribution >= 4 is 5.57 Å². The summed E-state index contributed by atoms with van der Waals surface area (Å²) in [6.07, 6.45) is 4.12. The van der Waals surface area contributed by atoms with Gasteiger partial charge < -0.3 is 9.32 Å². The average molecular weight is 191 g/mol. The SMILES string of the molecule is CCc1cnc(/C(C#N)=C/N(C)C)o1. The number of hydrogen-bond acceptors (Lipinski definition) is 4. The minimum absolute atomic E-state index is 0.387. The van der Waals surface area contributed by atoms with Gasteiger partial charge in [0.2, 0.25) is 5.89 Å². The Balaban J connectivity index is 2.97. The molecule has 0 aliphatic heterocycles. The van der Waals surface area contributed by atoms with E-state index in [0.29, 0.717) is 11.5 Å². The van der Waals surface area contributed by atoms with Crippen LogP contribution >= 0.6 is 0 Å². The highest BCUT2D eigenvalue weighted by Gasteiger charge is 2.08. The number of hydrogen-bond donors (Lipinski definition) is 0. The second-order valence-corrected chi connectivity index (χ2v) is 3.10. The molecule has 0 spiro atoms. The van der Waals surface area contributed by atoms with E-state index in [1.54, 1.807) is 17.3 Å². The minimum atomic E-state index is 0.387. The van der Waals surface area contributed by atoms with Crippen LogP contribution in [0.5, 0.6) is 0 Å². The molecule has 0 aliphatic rings.